The molecular formula is C60H98O30. The van der Waals surface area contributed by atoms with Crippen LogP contribution in [0.15, 0.2) is 0 Å². The van der Waals surface area contributed by atoms with E-state index in [2.05, 4.69) is 20.8 Å². The molecule has 6 saturated heterocycles. The molecule has 2 bridgehead atoms. The van der Waals surface area contributed by atoms with Crippen LogP contribution in [0.25, 0.3) is 0 Å². The standard InChI is InChI=1S/C60H98O30/c1-20-29(64)33(68)37(72)48(80-20)87-42-35(70)30(65)21(2)81-50(42)88-43-36(71)32(67)23(19-62)83-51(43)85-40-39(74)41(47(77)78)86-52(44(40)89-49-38(73)34(69)31(66)22(18-61)82-49)84-28-12-13-56(7)24(55(28,5)6)10-14-57(8)25(56)11-15-59-26-16-54(3,4)45(75)46(76)60(26,53(79)90-59)27(63)17-58(57,59)9/h20-46,48-53,61-76,79H,10-19H2,1-9H3,(H,77,78)/t20?,21?,22?,23?,24?,25?,26?,27-,28+,29+,30+,31+,32+,33+,34-,35+,36-,37?,38?,39+,40-,41?,42?,43?,44?,45+,46+,48+,49+,50+,51+,52-,53+,56+,57-,58+,59+,60-/m1/s1. The molecule has 518 valence electrons. The van der Waals surface area contributed by atoms with Gasteiger partial charge in [0.2, 0.25) is 0 Å². The Labute approximate surface area is 520 Å². The van der Waals surface area contributed by atoms with Gasteiger partial charge in [-0.25, -0.2) is 4.79 Å². The lowest BCUT2D eigenvalue weighted by Gasteiger charge is -2.75. The molecule has 38 atom stereocenters. The predicted molar refractivity (Wildman–Crippen MR) is 296 cm³/mol. The van der Waals surface area contributed by atoms with E-state index in [1.165, 1.54) is 13.8 Å². The lowest BCUT2D eigenvalue weighted by atomic mass is 9.30. The average Bonchev–Trinajstić information content (AvgIpc) is 1.36. The second kappa shape index (κ2) is 24.4. The summed E-state index contributed by atoms with van der Waals surface area (Å²) in [4.78, 5) is 13.4. The third-order valence-corrected chi connectivity index (χ3v) is 24.9. The summed E-state index contributed by atoms with van der Waals surface area (Å²) in [6.07, 6.45) is -50.4. The first-order valence-electron chi connectivity index (χ1n) is 31.8. The van der Waals surface area contributed by atoms with Crippen molar-refractivity contribution in [2.24, 2.45) is 50.2 Å². The van der Waals surface area contributed by atoms with Crippen LogP contribution in [0.1, 0.15) is 114 Å². The number of aliphatic hydroxyl groups excluding tert-OH is 17. The number of carboxylic acids is 1. The normalized spacial score (nSPS) is 58.2. The molecule has 90 heavy (non-hydrogen) atoms. The van der Waals surface area contributed by atoms with Crippen LogP contribution in [0.5, 0.6) is 0 Å². The van der Waals surface area contributed by atoms with E-state index in [4.69, 9.17) is 52.1 Å². The molecule has 6 heterocycles. The summed E-state index contributed by atoms with van der Waals surface area (Å²) in [5.41, 5.74) is -5.87. The molecule has 18 N–H and O–H groups in total. The number of carboxylic acid groups (broad SMARTS) is 1. The topological polar surface area (TPSA) is 483 Å². The molecule has 11 fully saturated rings. The first kappa shape index (κ1) is 69.7. The summed E-state index contributed by atoms with van der Waals surface area (Å²) < 4.78 is 68.5. The van der Waals surface area contributed by atoms with Crippen molar-refractivity contribution in [1.82, 2.24) is 0 Å². The van der Waals surface area contributed by atoms with E-state index in [0.29, 0.717) is 38.5 Å². The number of aliphatic hydroxyl groups is 17. The van der Waals surface area contributed by atoms with Gasteiger partial charge in [-0.2, -0.15) is 0 Å². The van der Waals surface area contributed by atoms with Crippen molar-refractivity contribution < 1.29 is 149 Å². The van der Waals surface area contributed by atoms with Crippen LogP contribution in [-0.4, -0.2) is 301 Å². The highest BCUT2D eigenvalue weighted by atomic mass is 16.8. The molecule has 13 unspecified atom stereocenters. The van der Waals surface area contributed by atoms with E-state index in [1.807, 2.05) is 27.7 Å². The molecule has 5 aliphatic carbocycles. The van der Waals surface area contributed by atoms with Gasteiger partial charge in [0.25, 0.3) is 0 Å². The van der Waals surface area contributed by atoms with Gasteiger partial charge < -0.3 is 144 Å². The quantitative estimate of drug-likeness (QED) is 0.0767. The zero-order valence-corrected chi connectivity index (χ0v) is 52.1. The van der Waals surface area contributed by atoms with Gasteiger partial charge >= 0.3 is 5.97 Å². The summed E-state index contributed by atoms with van der Waals surface area (Å²) in [5.74, 6) is -2.44. The molecule has 1 spiro atoms. The minimum atomic E-state index is -2.35. The Morgan fingerprint density at radius 1 is 0.467 bits per heavy atom. The van der Waals surface area contributed by atoms with Crippen LogP contribution in [0.4, 0.5) is 0 Å². The maximum atomic E-state index is 13.4. The maximum Gasteiger partial charge on any atom is 0.335 e. The SMILES string of the molecule is CC1O[C@@H](OC2[C@H](OC3[C@H](O[C@H]4C(O[C@@H]5OC(CO)[C@H](O)[C@@H](O)C5O)[C@H](O[C@H]5CC[C@@]6(C)C(CC[C@]7(C)C6CC[C@]68O[C@H](O)[C@]9(C6CC(C)(C)[C@@H](O)[C@@H]9O)[C@H](O)C[C@]87C)C5(C)C)OC(C(=O)O)[C@H]4O)OC(CO)[C@H](O)[C@H]3O)OC(C)[C@H](O)[C@@H]2O)C(O)[C@@H](O)[C@H]1O. The third-order valence-electron chi connectivity index (χ3n) is 24.9. The number of fused-ring (bicyclic) bond motifs is 4. The van der Waals surface area contributed by atoms with Crippen LogP contribution < -0.4 is 0 Å². The minimum Gasteiger partial charge on any atom is -0.479 e. The van der Waals surface area contributed by atoms with Crippen molar-refractivity contribution in [1.29, 1.82) is 0 Å². The van der Waals surface area contributed by atoms with Crippen molar-refractivity contribution in [2.45, 2.75) is 304 Å². The second-order valence-corrected chi connectivity index (χ2v) is 30.1. The van der Waals surface area contributed by atoms with Gasteiger partial charge in [-0.1, -0.05) is 48.5 Å². The molecular weight excluding hydrogens is 1200 g/mol. The van der Waals surface area contributed by atoms with Crippen molar-refractivity contribution in [3.05, 3.63) is 0 Å². The van der Waals surface area contributed by atoms with Gasteiger partial charge in [0.05, 0.1) is 60.9 Å². The molecule has 0 amide bonds. The zero-order chi connectivity index (χ0) is 66.0. The zero-order valence-electron chi connectivity index (χ0n) is 52.1. The van der Waals surface area contributed by atoms with Gasteiger partial charge in [-0.05, 0) is 98.7 Å². The number of rotatable bonds is 13. The van der Waals surface area contributed by atoms with Crippen LogP contribution in [0.3, 0.4) is 0 Å². The number of hydrogen-bond acceptors (Lipinski definition) is 29. The highest BCUT2D eigenvalue weighted by molar-refractivity contribution is 5.73. The molecule has 30 nitrogen and oxygen atoms in total. The van der Waals surface area contributed by atoms with Crippen LogP contribution in [0, 0.1) is 50.2 Å². The largest absolute Gasteiger partial charge is 0.479 e. The van der Waals surface area contributed by atoms with E-state index < -0.39 is 247 Å². The molecule has 0 aromatic heterocycles. The first-order chi connectivity index (χ1) is 41.9. The minimum absolute atomic E-state index is 0.0252. The fourth-order valence-corrected chi connectivity index (χ4v) is 19.6. The van der Waals surface area contributed by atoms with Crippen molar-refractivity contribution >= 4 is 5.97 Å². The molecule has 11 rings (SSSR count). The first-order valence-corrected chi connectivity index (χ1v) is 31.8. The summed E-state index contributed by atoms with van der Waals surface area (Å²) in [7, 11) is 0. The van der Waals surface area contributed by atoms with Crippen molar-refractivity contribution in [2.75, 3.05) is 13.2 Å². The molecule has 11 aliphatic rings. The van der Waals surface area contributed by atoms with E-state index in [1.54, 1.807) is 0 Å². The summed E-state index contributed by atoms with van der Waals surface area (Å²) in [5, 5.41) is 203. The highest BCUT2D eigenvalue weighted by Crippen LogP contribution is 2.81. The monoisotopic (exact) mass is 1300 g/mol. The predicted octanol–water partition coefficient (Wildman–Crippen LogP) is -5.12. The second-order valence-electron chi connectivity index (χ2n) is 30.1. The Kier molecular flexibility index (Phi) is 18.9. The molecule has 0 aromatic rings. The fraction of sp³-hybridized carbons (Fsp3) is 0.983. The van der Waals surface area contributed by atoms with Gasteiger partial charge in [0.15, 0.2) is 43.8 Å². The Bertz CT molecular complexity index is 2550. The number of aliphatic carboxylic acids is 1. The van der Waals surface area contributed by atoms with E-state index in [9.17, 15) is 96.7 Å². The lowest BCUT2D eigenvalue weighted by molar-refractivity contribution is -0.412. The van der Waals surface area contributed by atoms with Crippen molar-refractivity contribution in [3.8, 4) is 0 Å². The fourth-order valence-electron chi connectivity index (χ4n) is 19.6. The average molecular weight is 1300 g/mol. The lowest BCUT2D eigenvalue weighted by Crippen LogP contribution is -2.76. The summed E-state index contributed by atoms with van der Waals surface area (Å²) in [6.45, 7) is 15.1. The van der Waals surface area contributed by atoms with E-state index >= 15 is 0 Å². The Morgan fingerprint density at radius 3 is 1.57 bits per heavy atom. The van der Waals surface area contributed by atoms with Gasteiger partial charge in [-0.15, -0.1) is 0 Å². The van der Waals surface area contributed by atoms with Gasteiger partial charge in [0, 0.05) is 11.3 Å². The molecule has 0 radical (unpaired) electrons. The Hall–Kier alpha value is -1.65. The van der Waals surface area contributed by atoms with Crippen LogP contribution in [0.2, 0.25) is 0 Å². The number of carbonyl (C=O) groups is 1. The summed E-state index contributed by atoms with van der Waals surface area (Å²) in [6, 6.07) is 0. The smallest absolute Gasteiger partial charge is 0.335 e. The molecule has 5 saturated carbocycles. The molecule has 0 aromatic carbocycles. The number of hydrogen-bond donors (Lipinski definition) is 18. The van der Waals surface area contributed by atoms with Crippen LogP contribution in [-0.2, 0) is 56.9 Å². The third kappa shape index (κ3) is 10.3. The Morgan fingerprint density at radius 2 is 0.956 bits per heavy atom. The van der Waals surface area contributed by atoms with Crippen molar-refractivity contribution in [3.63, 3.8) is 0 Å². The number of ether oxygens (including phenoxy) is 11. The van der Waals surface area contributed by atoms with E-state index in [-0.39, 0.29) is 24.7 Å². The molecule has 6 aliphatic heterocycles. The molecule has 30 heteroatoms. The summed E-state index contributed by atoms with van der Waals surface area (Å²) >= 11 is 0. The Balaban J connectivity index is 0.914. The maximum absolute atomic E-state index is 13.4. The van der Waals surface area contributed by atoms with E-state index in [0.717, 1.165) is 0 Å². The van der Waals surface area contributed by atoms with Gasteiger partial charge in [-0.3, -0.25) is 0 Å². The van der Waals surface area contributed by atoms with Crippen LogP contribution >= 0.6 is 0 Å². The van der Waals surface area contributed by atoms with Gasteiger partial charge in [0.1, 0.15) is 104 Å². The highest BCUT2D eigenvalue weighted by Gasteiger charge is 2.85.